The maximum absolute atomic E-state index is 6.01. The lowest BCUT2D eigenvalue weighted by atomic mass is 10.1. The van der Waals surface area contributed by atoms with E-state index < -0.39 is 0 Å². The number of rotatable bonds is 4. The molecule has 1 aliphatic carbocycles. The highest BCUT2D eigenvalue weighted by Crippen LogP contribution is 2.26. The Morgan fingerprint density at radius 3 is 2.88 bits per heavy atom. The van der Waals surface area contributed by atoms with Crippen LogP contribution in [0.3, 0.4) is 0 Å². The zero-order valence-corrected chi connectivity index (χ0v) is 11.3. The second-order valence-corrected chi connectivity index (χ2v) is 5.39. The first-order valence-electron chi connectivity index (χ1n) is 6.25. The lowest BCUT2D eigenvalue weighted by Crippen LogP contribution is -2.25. The SMILES string of the molecule is COc1ccc(Cl)cc1CNC1CCC(C)C1. The molecule has 0 aromatic heterocycles. The molecule has 0 amide bonds. The van der Waals surface area contributed by atoms with Gasteiger partial charge in [0.05, 0.1) is 7.11 Å². The van der Waals surface area contributed by atoms with Gasteiger partial charge in [-0.1, -0.05) is 18.5 Å². The fraction of sp³-hybridized carbons (Fsp3) is 0.571. The van der Waals surface area contributed by atoms with E-state index in [2.05, 4.69) is 12.2 Å². The molecule has 1 aliphatic rings. The molecule has 0 heterocycles. The average molecular weight is 254 g/mol. The molecule has 0 bridgehead atoms. The van der Waals surface area contributed by atoms with Crippen LogP contribution in [0.15, 0.2) is 18.2 Å². The summed E-state index contributed by atoms with van der Waals surface area (Å²) in [7, 11) is 1.70. The first kappa shape index (κ1) is 12.7. The number of halogens is 1. The van der Waals surface area contributed by atoms with Crippen LogP contribution in [0, 0.1) is 5.92 Å². The van der Waals surface area contributed by atoms with Crippen molar-refractivity contribution in [3.8, 4) is 5.75 Å². The van der Waals surface area contributed by atoms with Crippen molar-refractivity contribution >= 4 is 11.6 Å². The van der Waals surface area contributed by atoms with Gasteiger partial charge in [0.15, 0.2) is 0 Å². The Morgan fingerprint density at radius 1 is 1.41 bits per heavy atom. The van der Waals surface area contributed by atoms with Gasteiger partial charge in [-0.05, 0) is 43.4 Å². The summed E-state index contributed by atoms with van der Waals surface area (Å²) in [6.07, 6.45) is 3.90. The highest BCUT2D eigenvalue weighted by Gasteiger charge is 2.20. The Labute approximate surface area is 108 Å². The molecule has 1 aromatic carbocycles. The third-order valence-corrected chi connectivity index (χ3v) is 3.75. The van der Waals surface area contributed by atoms with Crippen LogP contribution >= 0.6 is 11.6 Å². The first-order valence-corrected chi connectivity index (χ1v) is 6.62. The van der Waals surface area contributed by atoms with Crippen LogP contribution in [0.25, 0.3) is 0 Å². The monoisotopic (exact) mass is 253 g/mol. The number of hydrogen-bond acceptors (Lipinski definition) is 2. The Bertz CT molecular complexity index is 380. The fourth-order valence-corrected chi connectivity index (χ4v) is 2.73. The van der Waals surface area contributed by atoms with Crippen LogP contribution in [0.2, 0.25) is 5.02 Å². The van der Waals surface area contributed by atoms with Crippen molar-refractivity contribution in [3.05, 3.63) is 28.8 Å². The lowest BCUT2D eigenvalue weighted by molar-refractivity contribution is 0.404. The lowest BCUT2D eigenvalue weighted by Gasteiger charge is -2.14. The quantitative estimate of drug-likeness (QED) is 0.885. The van der Waals surface area contributed by atoms with Gasteiger partial charge in [0.25, 0.3) is 0 Å². The molecule has 2 atom stereocenters. The van der Waals surface area contributed by atoms with E-state index in [1.807, 2.05) is 18.2 Å². The topological polar surface area (TPSA) is 21.3 Å². The molecule has 0 aliphatic heterocycles. The molecule has 2 unspecified atom stereocenters. The predicted molar refractivity (Wildman–Crippen MR) is 71.6 cm³/mol. The van der Waals surface area contributed by atoms with Gasteiger partial charge in [0.1, 0.15) is 5.75 Å². The number of ether oxygens (including phenoxy) is 1. The molecule has 1 aromatic rings. The Balaban J connectivity index is 1.96. The summed E-state index contributed by atoms with van der Waals surface area (Å²) < 4.78 is 5.34. The normalized spacial score (nSPS) is 23.9. The van der Waals surface area contributed by atoms with E-state index in [9.17, 15) is 0 Å². The summed E-state index contributed by atoms with van der Waals surface area (Å²) in [6, 6.07) is 6.41. The largest absolute Gasteiger partial charge is 0.496 e. The third kappa shape index (κ3) is 3.36. The molecule has 2 rings (SSSR count). The van der Waals surface area contributed by atoms with Crippen LogP contribution in [0.1, 0.15) is 31.7 Å². The van der Waals surface area contributed by atoms with Crippen LogP contribution in [0.4, 0.5) is 0 Å². The highest BCUT2D eigenvalue weighted by atomic mass is 35.5. The minimum absolute atomic E-state index is 0.647. The van der Waals surface area contributed by atoms with Crippen molar-refractivity contribution in [1.29, 1.82) is 0 Å². The van der Waals surface area contributed by atoms with Crippen molar-refractivity contribution in [2.75, 3.05) is 7.11 Å². The van der Waals surface area contributed by atoms with E-state index in [0.29, 0.717) is 6.04 Å². The van der Waals surface area contributed by atoms with E-state index in [4.69, 9.17) is 16.3 Å². The van der Waals surface area contributed by atoms with Gasteiger partial charge in [-0.15, -0.1) is 0 Å². The van der Waals surface area contributed by atoms with Crippen molar-refractivity contribution in [2.45, 2.75) is 38.8 Å². The van der Waals surface area contributed by atoms with Crippen molar-refractivity contribution in [3.63, 3.8) is 0 Å². The molecule has 17 heavy (non-hydrogen) atoms. The van der Waals surface area contributed by atoms with E-state index in [0.717, 1.165) is 28.8 Å². The minimum Gasteiger partial charge on any atom is -0.496 e. The Morgan fingerprint density at radius 2 is 2.24 bits per heavy atom. The molecule has 0 radical (unpaired) electrons. The zero-order valence-electron chi connectivity index (χ0n) is 10.5. The summed E-state index contributed by atoms with van der Waals surface area (Å²) in [5, 5.41) is 4.36. The van der Waals surface area contributed by atoms with Crippen LogP contribution in [-0.4, -0.2) is 13.2 Å². The van der Waals surface area contributed by atoms with Gasteiger partial charge in [0.2, 0.25) is 0 Å². The number of hydrogen-bond donors (Lipinski definition) is 1. The highest BCUT2D eigenvalue weighted by molar-refractivity contribution is 6.30. The molecule has 0 saturated heterocycles. The Hall–Kier alpha value is -0.730. The van der Waals surface area contributed by atoms with Crippen LogP contribution < -0.4 is 10.1 Å². The van der Waals surface area contributed by atoms with E-state index >= 15 is 0 Å². The smallest absolute Gasteiger partial charge is 0.123 e. The third-order valence-electron chi connectivity index (χ3n) is 3.52. The summed E-state index contributed by atoms with van der Waals surface area (Å²) >= 11 is 6.01. The number of methoxy groups -OCH3 is 1. The molecular weight excluding hydrogens is 234 g/mol. The van der Waals surface area contributed by atoms with Crippen LogP contribution in [0.5, 0.6) is 5.75 Å². The maximum Gasteiger partial charge on any atom is 0.123 e. The summed E-state index contributed by atoms with van der Waals surface area (Å²) in [5.74, 6) is 1.77. The first-order chi connectivity index (χ1) is 8.19. The van der Waals surface area contributed by atoms with E-state index in [1.165, 1.54) is 19.3 Å². The number of benzene rings is 1. The molecule has 2 nitrogen and oxygen atoms in total. The van der Waals surface area contributed by atoms with Gasteiger partial charge in [-0.2, -0.15) is 0 Å². The molecule has 0 spiro atoms. The average Bonchev–Trinajstić information content (AvgIpc) is 2.73. The Kier molecular flexibility index (Phi) is 4.30. The molecule has 1 N–H and O–H groups in total. The molecular formula is C14H20ClNO. The minimum atomic E-state index is 0.647. The van der Waals surface area contributed by atoms with Gasteiger partial charge in [-0.3, -0.25) is 0 Å². The fourth-order valence-electron chi connectivity index (χ4n) is 2.53. The standard InChI is InChI=1S/C14H20ClNO/c1-10-3-5-13(7-10)16-9-11-8-12(15)4-6-14(11)17-2/h4,6,8,10,13,16H,3,5,7,9H2,1-2H3. The zero-order chi connectivity index (χ0) is 12.3. The summed E-state index contributed by atoms with van der Waals surface area (Å²) in [6.45, 7) is 3.16. The van der Waals surface area contributed by atoms with E-state index in [1.54, 1.807) is 7.11 Å². The second kappa shape index (κ2) is 5.74. The molecule has 1 saturated carbocycles. The molecule has 3 heteroatoms. The summed E-state index contributed by atoms with van der Waals surface area (Å²) in [4.78, 5) is 0. The number of nitrogens with one attached hydrogen (secondary N) is 1. The molecule has 94 valence electrons. The van der Waals surface area contributed by atoms with Crippen LogP contribution in [-0.2, 0) is 6.54 Å². The van der Waals surface area contributed by atoms with Crippen molar-refractivity contribution in [2.24, 2.45) is 5.92 Å². The maximum atomic E-state index is 6.01. The van der Waals surface area contributed by atoms with Gasteiger partial charge in [0, 0.05) is 23.2 Å². The molecule has 1 fully saturated rings. The van der Waals surface area contributed by atoms with Gasteiger partial charge < -0.3 is 10.1 Å². The van der Waals surface area contributed by atoms with Crippen molar-refractivity contribution in [1.82, 2.24) is 5.32 Å². The summed E-state index contributed by atoms with van der Waals surface area (Å²) in [5.41, 5.74) is 1.14. The van der Waals surface area contributed by atoms with Gasteiger partial charge >= 0.3 is 0 Å². The predicted octanol–water partition coefficient (Wildman–Crippen LogP) is 3.63. The van der Waals surface area contributed by atoms with Gasteiger partial charge in [-0.25, -0.2) is 0 Å². The van der Waals surface area contributed by atoms with Crippen molar-refractivity contribution < 1.29 is 4.74 Å². The second-order valence-electron chi connectivity index (χ2n) is 4.95. The van der Waals surface area contributed by atoms with E-state index in [-0.39, 0.29) is 0 Å².